The second-order valence-corrected chi connectivity index (χ2v) is 4.03. The molecule has 0 aliphatic heterocycles. The summed E-state index contributed by atoms with van der Waals surface area (Å²) < 4.78 is 4.80. The topological polar surface area (TPSA) is 26.3 Å². The van der Waals surface area contributed by atoms with E-state index >= 15 is 0 Å². The molecule has 14 heavy (non-hydrogen) atoms. The van der Waals surface area contributed by atoms with E-state index in [1.165, 1.54) is 6.08 Å². The smallest absolute Gasteiger partial charge is 0.330 e. The van der Waals surface area contributed by atoms with Crippen LogP contribution in [0.4, 0.5) is 0 Å². The van der Waals surface area contributed by atoms with Gasteiger partial charge in [0.05, 0.1) is 0 Å². The molecule has 0 rings (SSSR count). The highest BCUT2D eigenvalue weighted by atomic mass is 16.5. The Balaban J connectivity index is 3.64. The predicted octanol–water partition coefficient (Wildman–Crippen LogP) is 3.10. The van der Waals surface area contributed by atoms with E-state index in [4.69, 9.17) is 4.74 Å². The van der Waals surface area contributed by atoms with Gasteiger partial charge in [-0.1, -0.05) is 45.9 Å². The van der Waals surface area contributed by atoms with Crippen molar-refractivity contribution < 1.29 is 9.53 Å². The maximum absolute atomic E-state index is 10.7. The molecule has 0 aromatic rings. The van der Waals surface area contributed by atoms with Crippen LogP contribution in [0.25, 0.3) is 0 Å². The fraction of sp³-hybridized carbons (Fsp3) is 0.583. The van der Waals surface area contributed by atoms with Gasteiger partial charge >= 0.3 is 5.97 Å². The highest BCUT2D eigenvalue weighted by Crippen LogP contribution is 2.24. The molecule has 2 heteroatoms. The van der Waals surface area contributed by atoms with Crippen molar-refractivity contribution in [1.29, 1.82) is 0 Å². The first kappa shape index (κ1) is 12.9. The van der Waals surface area contributed by atoms with Crippen molar-refractivity contribution in [2.24, 2.45) is 5.41 Å². The van der Waals surface area contributed by atoms with E-state index in [9.17, 15) is 4.79 Å². The highest BCUT2D eigenvalue weighted by molar-refractivity contribution is 5.81. The molecule has 0 aliphatic carbocycles. The van der Waals surface area contributed by atoms with Gasteiger partial charge in [-0.25, -0.2) is 4.79 Å². The lowest BCUT2D eigenvalue weighted by Crippen LogP contribution is -2.07. The molecule has 0 saturated heterocycles. The Morgan fingerprint density at radius 2 is 2.07 bits per heavy atom. The number of rotatable bonds is 6. The summed E-state index contributed by atoms with van der Waals surface area (Å²) in [7, 11) is 0. The average molecular weight is 196 g/mol. The number of hydrogen-bond donors (Lipinski definition) is 0. The molecule has 0 N–H and O–H groups in total. The van der Waals surface area contributed by atoms with Gasteiger partial charge in [0.1, 0.15) is 6.61 Å². The normalized spacial score (nSPS) is 11.6. The molecule has 0 spiro atoms. The number of allylic oxidation sites excluding steroid dienone is 1. The maximum Gasteiger partial charge on any atom is 0.330 e. The largest absolute Gasteiger partial charge is 0.458 e. The van der Waals surface area contributed by atoms with E-state index in [-0.39, 0.29) is 5.97 Å². The molecule has 0 amide bonds. The van der Waals surface area contributed by atoms with Crippen molar-refractivity contribution in [3.8, 4) is 0 Å². The van der Waals surface area contributed by atoms with Crippen molar-refractivity contribution >= 4 is 5.97 Å². The standard InChI is InChI=1S/C12H20O2/c1-5-11(13)14-10-8-7-9-12(3,4)6-2/h5,7-8H,1,6,9-10H2,2-4H3/b8-7+. The van der Waals surface area contributed by atoms with Gasteiger partial charge in [-0.3, -0.25) is 0 Å². The Labute approximate surface area is 86.6 Å². The van der Waals surface area contributed by atoms with Crippen LogP contribution in [0.2, 0.25) is 0 Å². The van der Waals surface area contributed by atoms with Gasteiger partial charge in [0.2, 0.25) is 0 Å². The summed E-state index contributed by atoms with van der Waals surface area (Å²) in [5.41, 5.74) is 0.332. The summed E-state index contributed by atoms with van der Waals surface area (Å²) in [6.45, 7) is 10.3. The SMILES string of the molecule is C=CC(=O)OC/C=C/CC(C)(C)CC. The molecule has 0 bridgehead atoms. The lowest BCUT2D eigenvalue weighted by molar-refractivity contribution is -0.136. The summed E-state index contributed by atoms with van der Waals surface area (Å²) in [5, 5.41) is 0. The fourth-order valence-corrected chi connectivity index (χ4v) is 0.804. The average Bonchev–Trinajstić information content (AvgIpc) is 2.17. The molecule has 2 nitrogen and oxygen atoms in total. The Morgan fingerprint density at radius 1 is 1.43 bits per heavy atom. The fourth-order valence-electron chi connectivity index (χ4n) is 0.804. The zero-order valence-corrected chi connectivity index (χ0v) is 9.38. The first-order valence-corrected chi connectivity index (χ1v) is 4.96. The summed E-state index contributed by atoms with van der Waals surface area (Å²) >= 11 is 0. The number of ether oxygens (including phenoxy) is 1. The van der Waals surface area contributed by atoms with Crippen LogP contribution in [-0.4, -0.2) is 12.6 Å². The van der Waals surface area contributed by atoms with E-state index in [0.717, 1.165) is 12.8 Å². The number of carbonyl (C=O) groups is 1. The van der Waals surface area contributed by atoms with E-state index in [1.54, 1.807) is 0 Å². The molecule has 0 fully saturated rings. The van der Waals surface area contributed by atoms with Gasteiger partial charge in [0, 0.05) is 6.08 Å². The van der Waals surface area contributed by atoms with Crippen LogP contribution in [0.15, 0.2) is 24.8 Å². The van der Waals surface area contributed by atoms with E-state index < -0.39 is 0 Å². The van der Waals surface area contributed by atoms with Crippen LogP contribution in [0.1, 0.15) is 33.6 Å². The van der Waals surface area contributed by atoms with Crippen molar-refractivity contribution in [3.63, 3.8) is 0 Å². The molecule has 0 unspecified atom stereocenters. The molecule has 0 aliphatic rings. The Morgan fingerprint density at radius 3 is 2.57 bits per heavy atom. The van der Waals surface area contributed by atoms with E-state index in [2.05, 4.69) is 33.4 Å². The number of carbonyl (C=O) groups excluding carboxylic acids is 1. The van der Waals surface area contributed by atoms with Gasteiger partial charge in [0.25, 0.3) is 0 Å². The summed E-state index contributed by atoms with van der Waals surface area (Å²) in [4.78, 5) is 10.7. The van der Waals surface area contributed by atoms with Crippen LogP contribution in [0, 0.1) is 5.41 Å². The molecule has 0 heterocycles. The minimum absolute atomic E-state index is 0.332. The monoisotopic (exact) mass is 196 g/mol. The molecule has 0 saturated carbocycles. The second-order valence-electron chi connectivity index (χ2n) is 4.03. The Bertz CT molecular complexity index is 214. The summed E-state index contributed by atoms with van der Waals surface area (Å²) in [6, 6.07) is 0. The van der Waals surface area contributed by atoms with Crippen LogP contribution in [0.3, 0.4) is 0 Å². The maximum atomic E-state index is 10.7. The highest BCUT2D eigenvalue weighted by Gasteiger charge is 2.11. The second kappa shape index (κ2) is 6.41. The quantitative estimate of drug-likeness (QED) is 0.370. The minimum atomic E-state index is -0.371. The van der Waals surface area contributed by atoms with Gasteiger partial charge in [-0.15, -0.1) is 0 Å². The number of esters is 1. The first-order chi connectivity index (χ1) is 6.52. The Kier molecular flexibility index (Phi) is 5.93. The van der Waals surface area contributed by atoms with Crippen molar-refractivity contribution in [2.45, 2.75) is 33.6 Å². The van der Waals surface area contributed by atoms with Crippen LogP contribution in [0.5, 0.6) is 0 Å². The van der Waals surface area contributed by atoms with Crippen LogP contribution >= 0.6 is 0 Å². The van der Waals surface area contributed by atoms with Gasteiger partial charge in [-0.2, -0.15) is 0 Å². The third-order valence-corrected chi connectivity index (χ3v) is 2.28. The molecule has 0 atom stereocenters. The van der Waals surface area contributed by atoms with Gasteiger partial charge in [0.15, 0.2) is 0 Å². The third-order valence-electron chi connectivity index (χ3n) is 2.28. The summed E-state index contributed by atoms with van der Waals surface area (Å²) in [5.74, 6) is -0.371. The number of hydrogen-bond acceptors (Lipinski definition) is 2. The third kappa shape index (κ3) is 6.46. The van der Waals surface area contributed by atoms with E-state index in [0.29, 0.717) is 12.0 Å². The minimum Gasteiger partial charge on any atom is -0.458 e. The molecule has 0 aromatic carbocycles. The molecular formula is C12H20O2. The molecule has 0 aromatic heterocycles. The van der Waals surface area contributed by atoms with Gasteiger partial charge < -0.3 is 4.74 Å². The lowest BCUT2D eigenvalue weighted by atomic mass is 9.86. The van der Waals surface area contributed by atoms with Crippen molar-refractivity contribution in [1.82, 2.24) is 0 Å². The van der Waals surface area contributed by atoms with Crippen molar-refractivity contribution in [2.75, 3.05) is 6.61 Å². The first-order valence-electron chi connectivity index (χ1n) is 4.96. The zero-order valence-electron chi connectivity index (χ0n) is 9.38. The molecule has 80 valence electrons. The summed E-state index contributed by atoms with van der Waals surface area (Å²) in [6.07, 6.45) is 7.25. The Hall–Kier alpha value is -1.05. The van der Waals surface area contributed by atoms with Crippen LogP contribution < -0.4 is 0 Å². The van der Waals surface area contributed by atoms with Gasteiger partial charge in [-0.05, 0) is 11.8 Å². The van der Waals surface area contributed by atoms with E-state index in [1.807, 2.05) is 6.08 Å². The van der Waals surface area contributed by atoms with Crippen molar-refractivity contribution in [3.05, 3.63) is 24.8 Å². The molecular weight excluding hydrogens is 176 g/mol. The predicted molar refractivity (Wildman–Crippen MR) is 59.0 cm³/mol. The lowest BCUT2D eigenvalue weighted by Gasteiger charge is -2.19. The van der Waals surface area contributed by atoms with Crippen LogP contribution in [-0.2, 0) is 9.53 Å². The molecule has 0 radical (unpaired) electrons. The zero-order chi connectivity index (χ0) is 11.0.